The van der Waals surface area contributed by atoms with Gasteiger partial charge in [-0.15, -0.1) is 0 Å². The van der Waals surface area contributed by atoms with Crippen molar-refractivity contribution in [3.8, 4) is 0 Å². The highest BCUT2D eigenvalue weighted by atomic mass is 19.1. The average Bonchev–Trinajstić information content (AvgIpc) is 2.26. The third-order valence-electron chi connectivity index (χ3n) is 2.10. The fourth-order valence-electron chi connectivity index (χ4n) is 1.31. The molecule has 1 rings (SSSR count). The van der Waals surface area contributed by atoms with Crippen molar-refractivity contribution in [3.63, 3.8) is 0 Å². The van der Waals surface area contributed by atoms with Crippen LogP contribution in [-0.2, 0) is 9.53 Å². The minimum Gasteiger partial charge on any atom is -0.480 e. The van der Waals surface area contributed by atoms with Crippen LogP contribution in [0.4, 0.5) is 4.39 Å². The number of benzene rings is 1. The molecule has 1 atom stereocenters. The molecule has 0 saturated carbocycles. The molecule has 1 unspecified atom stereocenters. The van der Waals surface area contributed by atoms with Crippen LogP contribution in [0.1, 0.15) is 11.6 Å². The van der Waals surface area contributed by atoms with Crippen molar-refractivity contribution in [2.24, 2.45) is 0 Å². The van der Waals surface area contributed by atoms with Gasteiger partial charge in [0.2, 0.25) is 0 Å². The van der Waals surface area contributed by atoms with Gasteiger partial charge < -0.3 is 9.84 Å². The second kappa shape index (κ2) is 6.19. The maximum Gasteiger partial charge on any atom is 0.325 e. The Morgan fingerprint density at radius 1 is 1.50 bits per heavy atom. The van der Waals surface area contributed by atoms with Gasteiger partial charge in [0.05, 0.1) is 6.61 Å². The van der Waals surface area contributed by atoms with Crippen molar-refractivity contribution in [2.45, 2.75) is 6.04 Å². The molecule has 1 aromatic carbocycles. The molecule has 1 aromatic rings. The maximum atomic E-state index is 12.7. The molecule has 0 aliphatic carbocycles. The van der Waals surface area contributed by atoms with Crippen molar-refractivity contribution in [2.75, 3.05) is 20.3 Å². The number of hydrogen-bond donors (Lipinski definition) is 2. The Bertz CT molecular complexity index is 340. The number of hydrogen-bond acceptors (Lipinski definition) is 3. The number of aliphatic carboxylic acids is 1. The third kappa shape index (κ3) is 3.60. The quantitative estimate of drug-likeness (QED) is 0.717. The highest BCUT2D eigenvalue weighted by Gasteiger charge is 2.18. The molecule has 5 heteroatoms. The number of rotatable bonds is 6. The lowest BCUT2D eigenvalue weighted by Crippen LogP contribution is -2.31. The van der Waals surface area contributed by atoms with Gasteiger partial charge in [0.25, 0.3) is 0 Å². The van der Waals surface area contributed by atoms with E-state index < -0.39 is 12.0 Å². The Hall–Kier alpha value is -1.46. The fourth-order valence-corrected chi connectivity index (χ4v) is 1.31. The smallest absolute Gasteiger partial charge is 0.325 e. The van der Waals surface area contributed by atoms with Crippen molar-refractivity contribution < 1.29 is 19.0 Å². The van der Waals surface area contributed by atoms with Crippen LogP contribution >= 0.6 is 0 Å². The Kier molecular flexibility index (Phi) is 4.88. The van der Waals surface area contributed by atoms with Crippen LogP contribution in [0.15, 0.2) is 24.3 Å². The lowest BCUT2D eigenvalue weighted by atomic mass is 10.1. The van der Waals surface area contributed by atoms with Crippen LogP contribution in [0.2, 0.25) is 0 Å². The first-order valence-electron chi connectivity index (χ1n) is 4.85. The molecule has 0 aliphatic heterocycles. The van der Waals surface area contributed by atoms with E-state index in [1.807, 2.05) is 0 Å². The Morgan fingerprint density at radius 3 is 2.62 bits per heavy atom. The van der Waals surface area contributed by atoms with Gasteiger partial charge in [-0.25, -0.2) is 4.39 Å². The standard InChI is InChI=1S/C11H14FNO3/c1-16-7-6-13-10(11(14)15)8-2-4-9(12)5-3-8/h2-5,10,13H,6-7H2,1H3,(H,14,15). The van der Waals surface area contributed by atoms with Gasteiger partial charge >= 0.3 is 5.97 Å². The largest absolute Gasteiger partial charge is 0.480 e. The zero-order valence-electron chi connectivity index (χ0n) is 8.94. The van der Waals surface area contributed by atoms with E-state index in [0.717, 1.165) is 0 Å². The normalized spacial score (nSPS) is 12.4. The van der Waals surface area contributed by atoms with Crippen LogP contribution in [0, 0.1) is 5.82 Å². The van der Waals surface area contributed by atoms with Crippen LogP contribution in [0.25, 0.3) is 0 Å². The van der Waals surface area contributed by atoms with Gasteiger partial charge in [0.15, 0.2) is 0 Å². The first-order valence-corrected chi connectivity index (χ1v) is 4.85. The van der Waals surface area contributed by atoms with E-state index >= 15 is 0 Å². The average molecular weight is 227 g/mol. The van der Waals surface area contributed by atoms with E-state index in [0.29, 0.717) is 18.7 Å². The first-order chi connectivity index (χ1) is 7.65. The number of carboxylic acid groups (broad SMARTS) is 1. The van der Waals surface area contributed by atoms with E-state index in [4.69, 9.17) is 9.84 Å². The summed E-state index contributed by atoms with van der Waals surface area (Å²) in [4.78, 5) is 11.0. The monoisotopic (exact) mass is 227 g/mol. The van der Waals surface area contributed by atoms with Crippen LogP contribution in [-0.4, -0.2) is 31.3 Å². The molecule has 0 heterocycles. The summed E-state index contributed by atoms with van der Waals surface area (Å²) >= 11 is 0. The Labute approximate surface area is 93.0 Å². The SMILES string of the molecule is COCCNC(C(=O)O)c1ccc(F)cc1. The molecule has 0 aromatic heterocycles. The van der Waals surface area contributed by atoms with Crippen LogP contribution in [0.3, 0.4) is 0 Å². The van der Waals surface area contributed by atoms with Gasteiger partial charge in [0.1, 0.15) is 11.9 Å². The number of nitrogens with one attached hydrogen (secondary N) is 1. The van der Waals surface area contributed by atoms with Crippen LogP contribution < -0.4 is 5.32 Å². The molecule has 0 saturated heterocycles. The maximum absolute atomic E-state index is 12.7. The molecule has 0 bridgehead atoms. The first kappa shape index (κ1) is 12.6. The lowest BCUT2D eigenvalue weighted by molar-refractivity contribution is -0.139. The number of methoxy groups -OCH3 is 1. The topological polar surface area (TPSA) is 58.6 Å². The van der Waals surface area contributed by atoms with Crippen molar-refractivity contribution >= 4 is 5.97 Å². The molecule has 0 fully saturated rings. The van der Waals surface area contributed by atoms with Crippen molar-refractivity contribution in [3.05, 3.63) is 35.6 Å². The second-order valence-electron chi connectivity index (χ2n) is 3.27. The van der Waals surface area contributed by atoms with Gasteiger partial charge in [-0.2, -0.15) is 0 Å². The lowest BCUT2D eigenvalue weighted by Gasteiger charge is -2.14. The number of halogens is 1. The molecule has 16 heavy (non-hydrogen) atoms. The minimum atomic E-state index is -0.997. The summed E-state index contributed by atoms with van der Waals surface area (Å²) in [6, 6.07) is 4.55. The molecule has 0 aliphatic rings. The highest BCUT2D eigenvalue weighted by molar-refractivity contribution is 5.75. The summed E-state index contributed by atoms with van der Waals surface area (Å²) in [7, 11) is 1.54. The predicted octanol–water partition coefficient (Wildman–Crippen LogP) is 1.19. The zero-order chi connectivity index (χ0) is 12.0. The van der Waals surface area contributed by atoms with Gasteiger partial charge in [0, 0.05) is 13.7 Å². The predicted molar refractivity (Wildman–Crippen MR) is 56.7 cm³/mol. The summed E-state index contributed by atoms with van der Waals surface area (Å²) in [6.07, 6.45) is 0. The third-order valence-corrected chi connectivity index (χ3v) is 2.10. The highest BCUT2D eigenvalue weighted by Crippen LogP contribution is 2.13. The zero-order valence-corrected chi connectivity index (χ0v) is 8.94. The Morgan fingerprint density at radius 2 is 2.12 bits per heavy atom. The summed E-state index contributed by atoms with van der Waals surface area (Å²) in [5.41, 5.74) is 0.519. The summed E-state index contributed by atoms with van der Waals surface area (Å²) < 4.78 is 17.5. The van der Waals surface area contributed by atoms with Crippen molar-refractivity contribution in [1.82, 2.24) is 5.32 Å². The molecular formula is C11H14FNO3. The van der Waals surface area contributed by atoms with Gasteiger partial charge in [-0.05, 0) is 17.7 Å². The number of ether oxygens (including phenoxy) is 1. The fraction of sp³-hybridized carbons (Fsp3) is 0.364. The second-order valence-corrected chi connectivity index (χ2v) is 3.27. The van der Waals surface area contributed by atoms with Crippen LogP contribution in [0.5, 0.6) is 0 Å². The molecule has 88 valence electrons. The summed E-state index contributed by atoms with van der Waals surface area (Å²) in [5, 5.41) is 11.8. The van der Waals surface area contributed by atoms with Crippen molar-refractivity contribution in [1.29, 1.82) is 0 Å². The van der Waals surface area contributed by atoms with Gasteiger partial charge in [-0.1, -0.05) is 12.1 Å². The van der Waals surface area contributed by atoms with E-state index in [1.165, 1.54) is 31.4 Å². The molecule has 0 amide bonds. The number of carboxylic acids is 1. The Balaban J connectivity index is 2.69. The van der Waals surface area contributed by atoms with Gasteiger partial charge in [-0.3, -0.25) is 10.1 Å². The molecule has 4 nitrogen and oxygen atoms in total. The van der Waals surface area contributed by atoms with E-state index in [1.54, 1.807) is 0 Å². The molecular weight excluding hydrogens is 213 g/mol. The molecule has 0 spiro atoms. The summed E-state index contributed by atoms with van der Waals surface area (Å²) in [5.74, 6) is -1.38. The van der Waals surface area contributed by atoms with E-state index in [2.05, 4.69) is 5.32 Å². The number of carbonyl (C=O) groups is 1. The molecule has 0 radical (unpaired) electrons. The molecule has 2 N–H and O–H groups in total. The van der Waals surface area contributed by atoms with E-state index in [-0.39, 0.29) is 5.82 Å². The summed E-state index contributed by atoms with van der Waals surface area (Å²) in [6.45, 7) is 0.843. The van der Waals surface area contributed by atoms with E-state index in [9.17, 15) is 9.18 Å². The minimum absolute atomic E-state index is 0.384.